The van der Waals surface area contributed by atoms with E-state index in [0.717, 1.165) is 10.2 Å². The van der Waals surface area contributed by atoms with Crippen LogP contribution in [0.2, 0.25) is 0 Å². The molecule has 0 radical (unpaired) electrons. The SMILES string of the molecule is O=C(O)c1nn(CCCBr)c(C(=O)O)c1OCc1ccccc1. The van der Waals surface area contributed by atoms with E-state index in [9.17, 15) is 19.8 Å². The van der Waals surface area contributed by atoms with Crippen LogP contribution in [0.15, 0.2) is 30.3 Å². The summed E-state index contributed by atoms with van der Waals surface area (Å²) < 4.78 is 6.64. The minimum Gasteiger partial charge on any atom is -0.484 e. The van der Waals surface area contributed by atoms with E-state index in [2.05, 4.69) is 21.0 Å². The second-order valence-corrected chi connectivity index (χ2v) is 5.47. The van der Waals surface area contributed by atoms with Gasteiger partial charge in [0.25, 0.3) is 0 Å². The molecule has 0 aliphatic rings. The normalized spacial score (nSPS) is 10.5. The number of hydrogen-bond acceptors (Lipinski definition) is 4. The number of alkyl halides is 1. The Morgan fingerprint density at radius 1 is 1.17 bits per heavy atom. The van der Waals surface area contributed by atoms with Gasteiger partial charge in [-0.2, -0.15) is 5.10 Å². The van der Waals surface area contributed by atoms with Crippen LogP contribution in [0.25, 0.3) is 0 Å². The summed E-state index contributed by atoms with van der Waals surface area (Å²) in [5.41, 5.74) is 0.153. The van der Waals surface area contributed by atoms with Crippen molar-refractivity contribution in [2.24, 2.45) is 0 Å². The van der Waals surface area contributed by atoms with Crippen LogP contribution in [-0.4, -0.2) is 37.3 Å². The lowest BCUT2D eigenvalue weighted by atomic mass is 10.2. The quantitative estimate of drug-likeness (QED) is 0.680. The van der Waals surface area contributed by atoms with E-state index in [-0.39, 0.29) is 24.6 Å². The zero-order valence-electron chi connectivity index (χ0n) is 12.1. The summed E-state index contributed by atoms with van der Waals surface area (Å²) in [6.45, 7) is 0.341. The largest absolute Gasteiger partial charge is 0.484 e. The van der Waals surface area contributed by atoms with Crippen molar-refractivity contribution in [2.45, 2.75) is 19.6 Å². The highest BCUT2D eigenvalue weighted by molar-refractivity contribution is 9.09. The van der Waals surface area contributed by atoms with Gasteiger partial charge in [0.1, 0.15) is 6.61 Å². The summed E-state index contributed by atoms with van der Waals surface area (Å²) >= 11 is 3.25. The van der Waals surface area contributed by atoms with E-state index < -0.39 is 17.6 Å². The number of aromatic carboxylic acids is 2. The Bertz CT molecular complexity index is 699. The van der Waals surface area contributed by atoms with Crippen LogP contribution in [0.4, 0.5) is 0 Å². The average Bonchev–Trinajstić information content (AvgIpc) is 2.91. The van der Waals surface area contributed by atoms with Crippen LogP contribution in [0, 0.1) is 0 Å². The molecule has 23 heavy (non-hydrogen) atoms. The van der Waals surface area contributed by atoms with Crippen molar-refractivity contribution in [1.82, 2.24) is 9.78 Å². The minimum absolute atomic E-state index is 0.0610. The molecule has 1 aromatic carbocycles. The fourth-order valence-electron chi connectivity index (χ4n) is 2.03. The molecule has 2 rings (SSSR count). The van der Waals surface area contributed by atoms with Crippen LogP contribution >= 0.6 is 15.9 Å². The lowest BCUT2D eigenvalue weighted by molar-refractivity contribution is 0.0675. The number of ether oxygens (including phenoxy) is 1. The molecule has 122 valence electrons. The zero-order valence-corrected chi connectivity index (χ0v) is 13.7. The highest BCUT2D eigenvalue weighted by Crippen LogP contribution is 2.26. The number of benzene rings is 1. The molecule has 0 amide bonds. The second kappa shape index (κ2) is 7.77. The molecule has 7 nitrogen and oxygen atoms in total. The molecule has 0 spiro atoms. The minimum atomic E-state index is -1.33. The first-order valence-electron chi connectivity index (χ1n) is 6.84. The van der Waals surface area contributed by atoms with Gasteiger partial charge in [-0.25, -0.2) is 9.59 Å². The predicted octanol–water partition coefficient (Wildman–Crippen LogP) is 2.64. The summed E-state index contributed by atoms with van der Waals surface area (Å²) in [6, 6.07) is 9.07. The Morgan fingerprint density at radius 2 is 1.87 bits per heavy atom. The van der Waals surface area contributed by atoms with E-state index in [1.807, 2.05) is 18.2 Å². The second-order valence-electron chi connectivity index (χ2n) is 4.68. The maximum absolute atomic E-state index is 11.5. The zero-order chi connectivity index (χ0) is 16.8. The Hall–Kier alpha value is -2.35. The fraction of sp³-hybridized carbons (Fsp3) is 0.267. The molecule has 0 bridgehead atoms. The molecular weight excluding hydrogens is 368 g/mol. The van der Waals surface area contributed by atoms with E-state index in [1.54, 1.807) is 12.1 Å². The number of nitrogens with zero attached hydrogens (tertiary/aromatic N) is 2. The third-order valence-corrected chi connectivity index (χ3v) is 3.60. The molecule has 1 heterocycles. The summed E-state index contributed by atoms with van der Waals surface area (Å²) in [4.78, 5) is 22.8. The maximum atomic E-state index is 11.5. The number of hydrogen-bond donors (Lipinski definition) is 2. The van der Waals surface area contributed by atoms with E-state index >= 15 is 0 Å². The molecule has 2 N–H and O–H groups in total. The summed E-state index contributed by atoms with van der Waals surface area (Å²) in [5.74, 6) is -2.82. The van der Waals surface area contributed by atoms with Gasteiger partial charge in [0, 0.05) is 11.9 Å². The molecule has 2 aromatic rings. The van der Waals surface area contributed by atoms with Gasteiger partial charge >= 0.3 is 11.9 Å². The number of aromatic nitrogens is 2. The molecule has 0 saturated carbocycles. The molecule has 0 fully saturated rings. The van der Waals surface area contributed by atoms with Crippen molar-refractivity contribution in [3.8, 4) is 5.75 Å². The van der Waals surface area contributed by atoms with Gasteiger partial charge in [-0.1, -0.05) is 46.3 Å². The molecule has 0 aliphatic carbocycles. The highest BCUT2D eigenvalue weighted by atomic mass is 79.9. The molecule has 0 aliphatic heterocycles. The number of carbonyl (C=O) groups is 2. The monoisotopic (exact) mass is 382 g/mol. The number of halogens is 1. The van der Waals surface area contributed by atoms with E-state index in [1.165, 1.54) is 0 Å². The highest BCUT2D eigenvalue weighted by Gasteiger charge is 2.28. The van der Waals surface area contributed by atoms with Crippen molar-refractivity contribution in [3.63, 3.8) is 0 Å². The maximum Gasteiger partial charge on any atom is 0.360 e. The summed E-state index contributed by atoms with van der Waals surface area (Å²) in [6.07, 6.45) is 0.610. The Kier molecular flexibility index (Phi) is 5.75. The van der Waals surface area contributed by atoms with Gasteiger partial charge in [-0.15, -0.1) is 0 Å². The van der Waals surface area contributed by atoms with Gasteiger partial charge in [0.15, 0.2) is 11.4 Å². The molecule has 0 saturated heterocycles. The molecule has 8 heteroatoms. The number of carboxylic acid groups (broad SMARTS) is 2. The fourth-order valence-corrected chi connectivity index (χ4v) is 2.28. The standard InChI is InChI=1S/C15H15BrN2O5/c16-7-4-8-18-12(15(21)22)13(11(17-18)14(19)20)23-9-10-5-2-1-3-6-10/h1-3,5-6H,4,7-9H2,(H,19,20)(H,21,22). The van der Waals surface area contributed by atoms with Crippen LogP contribution in [0.3, 0.4) is 0 Å². The van der Waals surface area contributed by atoms with Crippen LogP contribution in [0.5, 0.6) is 5.75 Å². The van der Waals surface area contributed by atoms with Gasteiger partial charge in [-0.05, 0) is 12.0 Å². The number of carboxylic acids is 2. The van der Waals surface area contributed by atoms with Gasteiger partial charge in [0.05, 0.1) is 0 Å². The van der Waals surface area contributed by atoms with Crippen molar-refractivity contribution in [1.29, 1.82) is 0 Å². The number of aryl methyl sites for hydroxylation is 1. The van der Waals surface area contributed by atoms with Crippen LogP contribution in [-0.2, 0) is 13.2 Å². The van der Waals surface area contributed by atoms with Gasteiger partial charge in [0.2, 0.25) is 5.69 Å². The Labute approximate surface area is 140 Å². The van der Waals surface area contributed by atoms with E-state index in [4.69, 9.17) is 4.74 Å². The van der Waals surface area contributed by atoms with Crippen molar-refractivity contribution in [2.75, 3.05) is 5.33 Å². The molecular formula is C15H15BrN2O5. The first-order chi connectivity index (χ1) is 11.0. The molecule has 1 aromatic heterocycles. The van der Waals surface area contributed by atoms with Crippen molar-refractivity contribution < 1.29 is 24.5 Å². The number of rotatable bonds is 8. The average molecular weight is 383 g/mol. The lowest BCUT2D eigenvalue weighted by Crippen LogP contribution is -2.12. The van der Waals surface area contributed by atoms with Crippen molar-refractivity contribution >= 4 is 27.9 Å². The lowest BCUT2D eigenvalue weighted by Gasteiger charge is -2.07. The summed E-state index contributed by atoms with van der Waals surface area (Å²) in [5, 5.41) is 23.2. The Balaban J connectivity index is 2.36. The predicted molar refractivity (Wildman–Crippen MR) is 85.3 cm³/mol. The molecule has 0 atom stereocenters. The van der Waals surface area contributed by atoms with Gasteiger partial charge in [-0.3, -0.25) is 4.68 Å². The third kappa shape index (κ3) is 4.10. The smallest absolute Gasteiger partial charge is 0.360 e. The van der Waals surface area contributed by atoms with Crippen LogP contribution < -0.4 is 4.74 Å². The van der Waals surface area contributed by atoms with Crippen molar-refractivity contribution in [3.05, 3.63) is 47.3 Å². The summed E-state index contributed by atoms with van der Waals surface area (Å²) in [7, 11) is 0. The Morgan fingerprint density at radius 3 is 2.43 bits per heavy atom. The third-order valence-electron chi connectivity index (χ3n) is 3.04. The van der Waals surface area contributed by atoms with E-state index in [0.29, 0.717) is 11.8 Å². The molecule has 0 unspecified atom stereocenters. The first-order valence-corrected chi connectivity index (χ1v) is 7.96. The topological polar surface area (TPSA) is 102 Å². The first kappa shape index (κ1) is 17.0. The van der Waals surface area contributed by atoms with Gasteiger partial charge < -0.3 is 14.9 Å². The van der Waals surface area contributed by atoms with Crippen LogP contribution in [0.1, 0.15) is 33.0 Å².